The van der Waals surface area contributed by atoms with Crippen LogP contribution >= 0.6 is 11.6 Å². The lowest BCUT2D eigenvalue weighted by atomic mass is 10.1. The number of cyclic esters (lactones) is 1. The number of ether oxygens (including phenoxy) is 3. The molecular weight excluding hydrogens is 396 g/mol. The highest BCUT2D eigenvalue weighted by Gasteiger charge is 2.24. The van der Waals surface area contributed by atoms with E-state index in [2.05, 4.69) is 10.3 Å². The summed E-state index contributed by atoms with van der Waals surface area (Å²) in [5, 5.41) is 3.17. The van der Waals surface area contributed by atoms with Crippen LogP contribution < -0.4 is 14.8 Å². The number of hydrogen-bond donors (Lipinski definition) is 1. The zero-order valence-electron chi connectivity index (χ0n) is 15.9. The highest BCUT2D eigenvalue weighted by molar-refractivity contribution is 6.31. The molecule has 2 aromatic carbocycles. The van der Waals surface area contributed by atoms with Crippen molar-refractivity contribution in [3.63, 3.8) is 0 Å². The van der Waals surface area contributed by atoms with Gasteiger partial charge in [0.15, 0.2) is 23.8 Å². The van der Waals surface area contributed by atoms with Crippen LogP contribution in [-0.2, 0) is 14.3 Å². The minimum absolute atomic E-state index is 0.121. The number of likely N-dealkylation sites (N-methyl/N-ethyl adjacent to an activating group) is 1. The quantitative estimate of drug-likeness (QED) is 0.555. The Bertz CT molecular complexity index is 1000. The van der Waals surface area contributed by atoms with Crippen LogP contribution in [0.1, 0.15) is 18.1 Å². The van der Waals surface area contributed by atoms with E-state index >= 15 is 0 Å². The molecule has 0 saturated heterocycles. The van der Waals surface area contributed by atoms with Crippen molar-refractivity contribution in [1.29, 1.82) is 0 Å². The van der Waals surface area contributed by atoms with E-state index in [0.29, 0.717) is 34.2 Å². The van der Waals surface area contributed by atoms with Gasteiger partial charge in [0.1, 0.15) is 0 Å². The maximum absolute atomic E-state index is 12.2. The predicted molar refractivity (Wildman–Crippen MR) is 109 cm³/mol. The van der Waals surface area contributed by atoms with Crippen LogP contribution in [0.25, 0.3) is 6.08 Å². The molecule has 0 saturated carbocycles. The summed E-state index contributed by atoms with van der Waals surface area (Å²) in [5.74, 6) is 0.248. The Balaban J connectivity index is 1.80. The predicted octanol–water partition coefficient (Wildman–Crippen LogP) is 3.21. The Labute approximate surface area is 172 Å². The van der Waals surface area contributed by atoms with E-state index in [1.807, 2.05) is 6.92 Å². The van der Waals surface area contributed by atoms with Crippen LogP contribution in [0.3, 0.4) is 0 Å². The van der Waals surface area contributed by atoms with E-state index in [-0.39, 0.29) is 24.1 Å². The number of carbonyl (C=O) groups is 2. The molecule has 150 valence electrons. The van der Waals surface area contributed by atoms with E-state index in [1.54, 1.807) is 48.5 Å². The molecule has 0 aromatic heterocycles. The minimum atomic E-state index is -0.560. The summed E-state index contributed by atoms with van der Waals surface area (Å²) in [5.41, 5.74) is 1.43. The first-order valence-corrected chi connectivity index (χ1v) is 9.24. The SMILES string of the molecule is CCNC(=O)COc1ccc(C=C2N=C(c3cccc(Cl)c3)OC2=O)cc1OC. The number of rotatable bonds is 7. The van der Waals surface area contributed by atoms with E-state index in [0.717, 1.165) is 0 Å². The summed E-state index contributed by atoms with van der Waals surface area (Å²) < 4.78 is 16.0. The highest BCUT2D eigenvalue weighted by Crippen LogP contribution is 2.30. The molecule has 3 rings (SSSR count). The molecule has 0 atom stereocenters. The van der Waals surface area contributed by atoms with Gasteiger partial charge in [-0.2, -0.15) is 0 Å². The molecule has 1 aliphatic rings. The Morgan fingerprint density at radius 3 is 2.79 bits per heavy atom. The molecule has 0 bridgehead atoms. The zero-order valence-corrected chi connectivity index (χ0v) is 16.7. The Hall–Kier alpha value is -3.32. The van der Waals surface area contributed by atoms with Gasteiger partial charge in [-0.1, -0.05) is 23.7 Å². The van der Waals surface area contributed by atoms with Crippen molar-refractivity contribution < 1.29 is 23.8 Å². The number of nitrogens with zero attached hydrogens (tertiary/aromatic N) is 1. The van der Waals surface area contributed by atoms with E-state index in [4.69, 9.17) is 25.8 Å². The summed E-state index contributed by atoms with van der Waals surface area (Å²) in [6.07, 6.45) is 1.58. The Morgan fingerprint density at radius 1 is 1.24 bits per heavy atom. The Morgan fingerprint density at radius 2 is 2.07 bits per heavy atom. The number of nitrogens with one attached hydrogen (secondary N) is 1. The second-order valence-electron chi connectivity index (χ2n) is 6.00. The molecule has 0 radical (unpaired) electrons. The van der Waals surface area contributed by atoms with Gasteiger partial charge in [0.2, 0.25) is 5.90 Å². The van der Waals surface area contributed by atoms with Crippen LogP contribution in [0, 0.1) is 0 Å². The number of methoxy groups -OCH3 is 1. The summed E-state index contributed by atoms with van der Waals surface area (Å²) in [7, 11) is 1.49. The molecule has 8 heteroatoms. The van der Waals surface area contributed by atoms with Gasteiger partial charge in [-0.05, 0) is 48.9 Å². The third kappa shape index (κ3) is 5.14. The second kappa shape index (κ2) is 9.25. The molecule has 7 nitrogen and oxygen atoms in total. The Kier molecular flexibility index (Phi) is 6.51. The lowest BCUT2D eigenvalue weighted by Crippen LogP contribution is -2.28. The van der Waals surface area contributed by atoms with Crippen LogP contribution in [-0.4, -0.2) is 38.0 Å². The molecule has 1 amide bonds. The molecule has 2 aromatic rings. The van der Waals surface area contributed by atoms with Gasteiger partial charge in [0, 0.05) is 17.1 Å². The molecule has 1 heterocycles. The van der Waals surface area contributed by atoms with Gasteiger partial charge >= 0.3 is 5.97 Å². The fourth-order valence-corrected chi connectivity index (χ4v) is 2.79. The zero-order chi connectivity index (χ0) is 20.8. The number of hydrogen-bond acceptors (Lipinski definition) is 6. The minimum Gasteiger partial charge on any atom is -0.493 e. The largest absolute Gasteiger partial charge is 0.493 e. The monoisotopic (exact) mass is 414 g/mol. The van der Waals surface area contributed by atoms with E-state index in [1.165, 1.54) is 7.11 Å². The fourth-order valence-electron chi connectivity index (χ4n) is 2.60. The summed E-state index contributed by atoms with van der Waals surface area (Å²) in [6.45, 7) is 2.24. The van der Waals surface area contributed by atoms with Crippen molar-refractivity contribution >= 4 is 35.5 Å². The molecule has 29 heavy (non-hydrogen) atoms. The maximum Gasteiger partial charge on any atom is 0.363 e. The smallest absolute Gasteiger partial charge is 0.363 e. The lowest BCUT2D eigenvalue weighted by molar-refractivity contribution is -0.130. The van der Waals surface area contributed by atoms with Crippen molar-refractivity contribution in [3.8, 4) is 11.5 Å². The molecule has 0 fully saturated rings. The number of esters is 1. The summed E-state index contributed by atoms with van der Waals surface area (Å²) in [6, 6.07) is 12.0. The number of amides is 1. The van der Waals surface area contributed by atoms with Gasteiger partial charge in [-0.3, -0.25) is 4.79 Å². The molecule has 0 aliphatic carbocycles. The van der Waals surface area contributed by atoms with Crippen LogP contribution in [0.15, 0.2) is 53.2 Å². The van der Waals surface area contributed by atoms with Crippen molar-refractivity contribution in [3.05, 3.63) is 64.3 Å². The first-order valence-electron chi connectivity index (χ1n) is 8.86. The summed E-state index contributed by atoms with van der Waals surface area (Å²) >= 11 is 5.98. The van der Waals surface area contributed by atoms with Gasteiger partial charge < -0.3 is 19.5 Å². The van der Waals surface area contributed by atoms with E-state index in [9.17, 15) is 9.59 Å². The number of aliphatic imine (C=N–C) groups is 1. The molecular formula is C21H19ClN2O5. The first-order chi connectivity index (χ1) is 14.0. The topological polar surface area (TPSA) is 86.2 Å². The van der Waals surface area contributed by atoms with Gasteiger partial charge in [-0.25, -0.2) is 9.79 Å². The number of benzene rings is 2. The average molecular weight is 415 g/mol. The average Bonchev–Trinajstić information content (AvgIpc) is 3.07. The van der Waals surface area contributed by atoms with Crippen LogP contribution in [0.5, 0.6) is 11.5 Å². The number of carbonyl (C=O) groups excluding carboxylic acids is 2. The number of halogens is 1. The van der Waals surface area contributed by atoms with Gasteiger partial charge in [-0.15, -0.1) is 0 Å². The second-order valence-corrected chi connectivity index (χ2v) is 6.44. The highest BCUT2D eigenvalue weighted by atomic mass is 35.5. The third-order valence-corrected chi connectivity index (χ3v) is 4.15. The lowest BCUT2D eigenvalue weighted by Gasteiger charge is -2.11. The third-order valence-electron chi connectivity index (χ3n) is 3.92. The van der Waals surface area contributed by atoms with Crippen molar-refractivity contribution in [1.82, 2.24) is 5.32 Å². The van der Waals surface area contributed by atoms with Crippen molar-refractivity contribution in [2.75, 3.05) is 20.3 Å². The van der Waals surface area contributed by atoms with Gasteiger partial charge in [0.05, 0.1) is 7.11 Å². The molecule has 1 N–H and O–H groups in total. The van der Waals surface area contributed by atoms with Gasteiger partial charge in [0.25, 0.3) is 5.91 Å². The maximum atomic E-state index is 12.2. The first kappa shape index (κ1) is 20.4. The molecule has 0 unspecified atom stereocenters. The summed E-state index contributed by atoms with van der Waals surface area (Å²) in [4.78, 5) is 28.0. The van der Waals surface area contributed by atoms with E-state index < -0.39 is 5.97 Å². The fraction of sp³-hybridized carbons (Fsp3) is 0.190. The normalized spacial score (nSPS) is 14.4. The molecule has 1 aliphatic heterocycles. The van der Waals surface area contributed by atoms with Crippen LogP contribution in [0.2, 0.25) is 5.02 Å². The standard InChI is InChI=1S/C21H19ClN2O5/c1-3-23-19(25)12-28-17-8-7-13(10-18(17)27-2)9-16-21(26)29-20(24-16)14-5-4-6-15(22)11-14/h4-11H,3,12H2,1-2H3,(H,23,25). The van der Waals surface area contributed by atoms with Crippen molar-refractivity contribution in [2.45, 2.75) is 6.92 Å². The molecule has 0 spiro atoms. The van der Waals surface area contributed by atoms with Crippen molar-refractivity contribution in [2.24, 2.45) is 4.99 Å². The van der Waals surface area contributed by atoms with Crippen LogP contribution in [0.4, 0.5) is 0 Å².